The van der Waals surface area contributed by atoms with E-state index in [1.54, 1.807) is 0 Å². The SMILES string of the molecule is CC(=O)OC=C=CCCC#C[Si](C)(C)C. The summed E-state index contributed by atoms with van der Waals surface area (Å²) in [5, 5.41) is 0. The van der Waals surface area contributed by atoms with Gasteiger partial charge in [-0.1, -0.05) is 25.4 Å². The molecule has 0 bridgehead atoms. The molecule has 0 heterocycles. The Kier molecular flexibility index (Phi) is 6.53. The van der Waals surface area contributed by atoms with E-state index in [-0.39, 0.29) is 5.97 Å². The minimum Gasteiger partial charge on any atom is -0.426 e. The van der Waals surface area contributed by atoms with Crippen LogP contribution in [0.1, 0.15) is 19.8 Å². The van der Waals surface area contributed by atoms with E-state index >= 15 is 0 Å². The van der Waals surface area contributed by atoms with Crippen LogP contribution in [0.2, 0.25) is 19.6 Å². The maximum atomic E-state index is 10.4. The number of carbonyl (C=O) groups is 1. The van der Waals surface area contributed by atoms with Crippen LogP contribution in [0.5, 0.6) is 0 Å². The molecule has 0 amide bonds. The fraction of sp³-hybridized carbons (Fsp3) is 0.500. The van der Waals surface area contributed by atoms with Gasteiger partial charge in [-0.3, -0.25) is 4.79 Å². The maximum absolute atomic E-state index is 10.4. The third kappa shape index (κ3) is 12.8. The monoisotopic (exact) mass is 222 g/mol. The van der Waals surface area contributed by atoms with Gasteiger partial charge in [0, 0.05) is 13.3 Å². The molecule has 0 fully saturated rings. The highest BCUT2D eigenvalue weighted by Gasteiger charge is 2.06. The van der Waals surface area contributed by atoms with E-state index in [9.17, 15) is 4.79 Å². The molecule has 0 saturated carbocycles. The number of hydrogen-bond acceptors (Lipinski definition) is 2. The Labute approximate surface area is 93.0 Å². The molecule has 15 heavy (non-hydrogen) atoms. The fourth-order valence-electron chi connectivity index (χ4n) is 0.720. The number of rotatable bonds is 3. The normalized spacial score (nSPS) is 9.33. The van der Waals surface area contributed by atoms with Gasteiger partial charge in [0.05, 0.1) is 0 Å². The summed E-state index contributed by atoms with van der Waals surface area (Å²) in [4.78, 5) is 10.4. The molecular formula is C12H18O2Si. The van der Waals surface area contributed by atoms with Gasteiger partial charge < -0.3 is 4.74 Å². The van der Waals surface area contributed by atoms with E-state index in [4.69, 9.17) is 0 Å². The molecule has 0 aliphatic rings. The number of allylic oxidation sites excluding steroid dienone is 1. The van der Waals surface area contributed by atoms with Crippen LogP contribution in [0, 0.1) is 11.5 Å². The molecule has 0 aliphatic carbocycles. The molecule has 0 rings (SSSR count). The highest BCUT2D eigenvalue weighted by atomic mass is 28.3. The number of esters is 1. The van der Waals surface area contributed by atoms with Crippen LogP contribution in [-0.4, -0.2) is 14.0 Å². The highest BCUT2D eigenvalue weighted by molar-refractivity contribution is 6.83. The second kappa shape index (κ2) is 7.11. The first-order valence-corrected chi connectivity index (χ1v) is 8.48. The first-order chi connectivity index (χ1) is 6.92. The van der Waals surface area contributed by atoms with Gasteiger partial charge in [0.2, 0.25) is 0 Å². The Hall–Kier alpha value is -1.23. The van der Waals surface area contributed by atoms with Crippen molar-refractivity contribution in [3.8, 4) is 11.5 Å². The lowest BCUT2D eigenvalue weighted by Crippen LogP contribution is -2.16. The average molecular weight is 222 g/mol. The third-order valence-corrected chi connectivity index (χ3v) is 2.21. The van der Waals surface area contributed by atoms with Gasteiger partial charge >= 0.3 is 5.97 Å². The number of unbranched alkanes of at least 4 members (excludes halogenated alkanes) is 1. The quantitative estimate of drug-likeness (QED) is 0.183. The standard InChI is InChI=1S/C12H18O2Si/c1-12(13)14-10-8-6-5-7-9-11-15(2,3)4/h6,10H,5,7H2,1-4H3. The van der Waals surface area contributed by atoms with Crippen LogP contribution in [0.25, 0.3) is 0 Å². The van der Waals surface area contributed by atoms with E-state index in [1.807, 2.05) is 6.08 Å². The summed E-state index contributed by atoms with van der Waals surface area (Å²) in [6, 6.07) is 0. The fourth-order valence-corrected chi connectivity index (χ4v) is 1.38. The number of hydrogen-bond donors (Lipinski definition) is 0. The summed E-state index contributed by atoms with van der Waals surface area (Å²) in [6.07, 6.45) is 4.77. The number of carbonyl (C=O) groups excluding carboxylic acids is 1. The first-order valence-electron chi connectivity index (χ1n) is 4.98. The lowest BCUT2D eigenvalue weighted by molar-refractivity contribution is -0.135. The van der Waals surface area contributed by atoms with Crippen LogP contribution in [0.15, 0.2) is 18.1 Å². The van der Waals surface area contributed by atoms with E-state index in [2.05, 4.69) is 41.6 Å². The predicted molar refractivity (Wildman–Crippen MR) is 64.8 cm³/mol. The van der Waals surface area contributed by atoms with E-state index in [0.717, 1.165) is 12.8 Å². The first kappa shape index (κ1) is 13.8. The largest absolute Gasteiger partial charge is 0.426 e. The summed E-state index contributed by atoms with van der Waals surface area (Å²) in [5.74, 6) is 2.82. The van der Waals surface area contributed by atoms with Crippen molar-refractivity contribution < 1.29 is 9.53 Å². The summed E-state index contributed by atoms with van der Waals surface area (Å²) in [6.45, 7) is 8.01. The number of ether oxygens (including phenoxy) is 1. The minimum atomic E-state index is -1.22. The van der Waals surface area contributed by atoms with Crippen molar-refractivity contribution in [3.63, 3.8) is 0 Å². The van der Waals surface area contributed by atoms with Crippen molar-refractivity contribution >= 4 is 14.0 Å². The summed E-state index contributed by atoms with van der Waals surface area (Å²) in [5.41, 5.74) is 6.04. The Morgan fingerprint density at radius 3 is 2.60 bits per heavy atom. The van der Waals surface area contributed by atoms with Crippen molar-refractivity contribution in [2.45, 2.75) is 39.4 Å². The molecule has 0 saturated heterocycles. The van der Waals surface area contributed by atoms with Crippen LogP contribution in [0.4, 0.5) is 0 Å². The molecule has 82 valence electrons. The molecule has 3 heteroatoms. The predicted octanol–water partition coefficient (Wildman–Crippen LogP) is 2.88. The van der Waals surface area contributed by atoms with Crippen molar-refractivity contribution in [1.82, 2.24) is 0 Å². The molecule has 0 N–H and O–H groups in total. The second-order valence-electron chi connectivity index (χ2n) is 4.19. The maximum Gasteiger partial charge on any atom is 0.308 e. The van der Waals surface area contributed by atoms with Gasteiger partial charge in [0.15, 0.2) is 0 Å². The molecule has 0 spiro atoms. The molecule has 0 radical (unpaired) electrons. The summed E-state index contributed by atoms with van der Waals surface area (Å²) in [7, 11) is -1.22. The highest BCUT2D eigenvalue weighted by Crippen LogP contribution is 1.97. The molecule has 2 nitrogen and oxygen atoms in total. The van der Waals surface area contributed by atoms with E-state index in [0.29, 0.717) is 0 Å². The van der Waals surface area contributed by atoms with Crippen LogP contribution in [-0.2, 0) is 9.53 Å². The molecule has 0 atom stereocenters. The zero-order chi connectivity index (χ0) is 11.7. The summed E-state index contributed by atoms with van der Waals surface area (Å²) < 4.78 is 4.57. The zero-order valence-electron chi connectivity index (χ0n) is 9.89. The molecular weight excluding hydrogens is 204 g/mol. The van der Waals surface area contributed by atoms with Crippen molar-refractivity contribution in [3.05, 3.63) is 18.1 Å². The van der Waals surface area contributed by atoms with Gasteiger partial charge in [-0.2, -0.15) is 0 Å². The van der Waals surface area contributed by atoms with Gasteiger partial charge in [0.1, 0.15) is 14.3 Å². The molecule has 0 aromatic carbocycles. The second-order valence-corrected chi connectivity index (χ2v) is 8.94. The van der Waals surface area contributed by atoms with Crippen molar-refractivity contribution in [1.29, 1.82) is 0 Å². The third-order valence-electron chi connectivity index (χ3n) is 1.29. The van der Waals surface area contributed by atoms with E-state index in [1.165, 1.54) is 13.2 Å². The zero-order valence-corrected chi connectivity index (χ0v) is 10.9. The van der Waals surface area contributed by atoms with E-state index < -0.39 is 8.07 Å². The van der Waals surface area contributed by atoms with Crippen molar-refractivity contribution in [2.75, 3.05) is 0 Å². The van der Waals surface area contributed by atoms with Gasteiger partial charge in [0.25, 0.3) is 0 Å². The Morgan fingerprint density at radius 1 is 1.40 bits per heavy atom. The summed E-state index contributed by atoms with van der Waals surface area (Å²) >= 11 is 0. The lowest BCUT2D eigenvalue weighted by atomic mass is 10.3. The van der Waals surface area contributed by atoms with Crippen LogP contribution in [0.3, 0.4) is 0 Å². The minimum absolute atomic E-state index is 0.325. The molecule has 0 aromatic rings. The van der Waals surface area contributed by atoms with Crippen molar-refractivity contribution in [2.24, 2.45) is 0 Å². The molecule has 0 unspecified atom stereocenters. The Balaban J connectivity index is 3.75. The van der Waals surface area contributed by atoms with Gasteiger partial charge in [-0.15, -0.1) is 11.5 Å². The average Bonchev–Trinajstić information content (AvgIpc) is 2.07. The van der Waals surface area contributed by atoms with Crippen LogP contribution < -0.4 is 0 Å². The molecule has 0 aliphatic heterocycles. The lowest BCUT2D eigenvalue weighted by Gasteiger charge is -2.02. The van der Waals surface area contributed by atoms with Gasteiger partial charge in [-0.25, -0.2) is 0 Å². The smallest absolute Gasteiger partial charge is 0.308 e. The van der Waals surface area contributed by atoms with Gasteiger partial charge in [-0.05, 0) is 12.5 Å². The Morgan fingerprint density at radius 2 is 2.07 bits per heavy atom. The van der Waals surface area contributed by atoms with Crippen LogP contribution >= 0.6 is 0 Å². The topological polar surface area (TPSA) is 26.3 Å². The Bertz CT molecular complexity index is 320. The molecule has 0 aromatic heterocycles.